The number of nitrogens with one attached hydrogen (secondary N) is 1. The van der Waals surface area contributed by atoms with Crippen molar-refractivity contribution in [3.05, 3.63) is 27.4 Å². The Hall–Kier alpha value is -1.16. The molecule has 18 heavy (non-hydrogen) atoms. The molecule has 1 saturated heterocycles. The average molecular weight is 280 g/mol. The number of nitrogens with zero attached hydrogens (tertiary/aromatic N) is 1. The average Bonchev–Trinajstić information content (AvgIpc) is 2.52. The molecule has 3 atom stereocenters. The molecule has 1 aromatic heterocycles. The van der Waals surface area contributed by atoms with Gasteiger partial charge in [-0.3, -0.25) is 14.3 Å². The number of rotatable bonds is 2. The van der Waals surface area contributed by atoms with Crippen molar-refractivity contribution >= 4 is 12.2 Å². The van der Waals surface area contributed by atoms with E-state index in [1.54, 1.807) is 0 Å². The summed E-state index contributed by atoms with van der Waals surface area (Å²) in [6.45, 7) is -0.746. The number of aromatic amines is 1. The second-order valence-corrected chi connectivity index (χ2v) is 4.23. The highest BCUT2D eigenvalue weighted by molar-refractivity contribution is 7.71. The van der Waals surface area contributed by atoms with Gasteiger partial charge in [0.05, 0.1) is 6.61 Å². The number of hydrogen-bond acceptors (Lipinski definition) is 5. The third-order valence-corrected chi connectivity index (χ3v) is 2.98. The molecule has 0 bridgehead atoms. The number of H-pyrrole nitrogens is 1. The molecule has 0 radical (unpaired) electrons. The Labute approximate surface area is 104 Å². The van der Waals surface area contributed by atoms with E-state index in [1.165, 1.54) is 0 Å². The zero-order chi connectivity index (χ0) is 13.5. The normalized spacial score (nSPS) is 30.6. The summed E-state index contributed by atoms with van der Waals surface area (Å²) in [5, 5.41) is 18.2. The predicted molar refractivity (Wildman–Crippen MR) is 57.8 cm³/mol. The molecule has 2 heterocycles. The van der Waals surface area contributed by atoms with Crippen molar-refractivity contribution < 1.29 is 23.7 Å². The zero-order valence-corrected chi connectivity index (χ0v) is 9.73. The lowest BCUT2D eigenvalue weighted by Crippen LogP contribution is -2.39. The van der Waals surface area contributed by atoms with Crippen LogP contribution in [0.3, 0.4) is 0 Å². The number of halogens is 2. The van der Waals surface area contributed by atoms with Crippen LogP contribution in [0.15, 0.2) is 17.1 Å². The highest BCUT2D eigenvalue weighted by atomic mass is 32.1. The van der Waals surface area contributed by atoms with E-state index in [1.807, 2.05) is 0 Å². The van der Waals surface area contributed by atoms with Crippen LogP contribution in [-0.2, 0) is 4.74 Å². The summed E-state index contributed by atoms with van der Waals surface area (Å²) in [7, 11) is 0. The van der Waals surface area contributed by atoms with Gasteiger partial charge in [-0.05, 0) is 12.2 Å². The van der Waals surface area contributed by atoms with Gasteiger partial charge in [-0.1, -0.05) is 0 Å². The lowest BCUT2D eigenvalue weighted by Gasteiger charge is -2.21. The molecule has 0 saturated carbocycles. The molecule has 100 valence electrons. The van der Waals surface area contributed by atoms with Gasteiger partial charge in [0, 0.05) is 12.3 Å². The minimum atomic E-state index is -3.62. The first kappa shape index (κ1) is 13.3. The Morgan fingerprint density at radius 1 is 1.61 bits per heavy atom. The van der Waals surface area contributed by atoms with Crippen LogP contribution < -0.4 is 5.56 Å². The van der Waals surface area contributed by atoms with Crippen molar-refractivity contribution in [2.45, 2.75) is 24.4 Å². The summed E-state index contributed by atoms with van der Waals surface area (Å²) in [6.07, 6.45) is -4.36. The quantitative estimate of drug-likeness (QED) is 0.653. The van der Waals surface area contributed by atoms with E-state index < -0.39 is 36.5 Å². The van der Waals surface area contributed by atoms with Crippen LogP contribution in [0.5, 0.6) is 0 Å². The monoisotopic (exact) mass is 280 g/mol. The fourth-order valence-corrected chi connectivity index (χ4v) is 1.99. The summed E-state index contributed by atoms with van der Waals surface area (Å²) in [5.74, 6) is -3.62. The molecule has 2 rings (SSSR count). The molecule has 1 unspecified atom stereocenters. The smallest absolute Gasteiger partial charge is 0.320 e. The standard InChI is InChI=1S/C9H10F2N2O4S/c10-9(11)6(16)4(3-14)17-7(9)13-2-1-5(15)12-8(13)18/h1-2,4,6-7,14,16H,3H2,(H,12,15,18)/t4-,6?,7-/m1/s1. The summed E-state index contributed by atoms with van der Waals surface area (Å²) in [6, 6.07) is 1.01. The van der Waals surface area contributed by atoms with Gasteiger partial charge in [0.25, 0.3) is 5.56 Å². The molecule has 0 aliphatic carbocycles. The molecule has 0 amide bonds. The number of aromatic nitrogens is 2. The third kappa shape index (κ3) is 1.99. The van der Waals surface area contributed by atoms with Crippen LogP contribution in [0.2, 0.25) is 0 Å². The van der Waals surface area contributed by atoms with Crippen molar-refractivity contribution in [3.63, 3.8) is 0 Å². The number of alkyl halides is 2. The Kier molecular flexibility index (Phi) is 3.32. The minimum absolute atomic E-state index is 0.252. The van der Waals surface area contributed by atoms with E-state index in [2.05, 4.69) is 4.98 Å². The molecule has 1 aromatic rings. The van der Waals surface area contributed by atoms with Gasteiger partial charge in [-0.25, -0.2) is 0 Å². The van der Waals surface area contributed by atoms with Gasteiger partial charge < -0.3 is 14.9 Å². The van der Waals surface area contributed by atoms with Crippen molar-refractivity contribution in [3.8, 4) is 0 Å². The van der Waals surface area contributed by atoms with E-state index in [0.717, 1.165) is 16.8 Å². The number of ether oxygens (including phenoxy) is 1. The van der Waals surface area contributed by atoms with E-state index in [0.29, 0.717) is 0 Å². The van der Waals surface area contributed by atoms with Gasteiger partial charge in [0.15, 0.2) is 10.9 Å². The molecule has 0 spiro atoms. The first-order valence-electron chi connectivity index (χ1n) is 5.01. The second kappa shape index (κ2) is 4.50. The number of aliphatic hydroxyl groups is 2. The van der Waals surface area contributed by atoms with Crippen molar-refractivity contribution in [2.24, 2.45) is 0 Å². The Balaban J connectivity index is 2.45. The maximum Gasteiger partial charge on any atom is 0.320 e. The van der Waals surface area contributed by atoms with Crippen LogP contribution in [0.25, 0.3) is 0 Å². The maximum absolute atomic E-state index is 13.8. The number of aliphatic hydroxyl groups excluding tert-OH is 2. The van der Waals surface area contributed by atoms with Gasteiger partial charge >= 0.3 is 5.92 Å². The van der Waals surface area contributed by atoms with Gasteiger partial charge in [-0.15, -0.1) is 0 Å². The van der Waals surface area contributed by atoms with E-state index >= 15 is 0 Å². The Morgan fingerprint density at radius 3 is 2.78 bits per heavy atom. The second-order valence-electron chi connectivity index (χ2n) is 3.85. The summed E-state index contributed by atoms with van der Waals surface area (Å²) in [5.41, 5.74) is -0.531. The molecule has 9 heteroatoms. The topological polar surface area (TPSA) is 87.5 Å². The van der Waals surface area contributed by atoms with Crippen LogP contribution in [0, 0.1) is 4.77 Å². The molecule has 1 aliphatic heterocycles. The first-order chi connectivity index (χ1) is 8.37. The van der Waals surface area contributed by atoms with Crippen LogP contribution in [0.1, 0.15) is 6.23 Å². The lowest BCUT2D eigenvalue weighted by atomic mass is 10.1. The van der Waals surface area contributed by atoms with Crippen LogP contribution in [-0.4, -0.2) is 44.5 Å². The SMILES string of the molecule is O=c1ccn([C@@H]2O[C@H](CO)C(O)C2(F)F)c(=S)[nH]1. The fraction of sp³-hybridized carbons (Fsp3) is 0.556. The predicted octanol–water partition coefficient (Wildman–Crippen LogP) is -0.208. The molecule has 1 fully saturated rings. The zero-order valence-electron chi connectivity index (χ0n) is 8.92. The van der Waals surface area contributed by atoms with E-state index in [-0.39, 0.29) is 4.77 Å². The number of hydrogen-bond donors (Lipinski definition) is 3. The lowest BCUT2D eigenvalue weighted by molar-refractivity contribution is -0.140. The molecule has 3 N–H and O–H groups in total. The molecular formula is C9H10F2N2O4S. The van der Waals surface area contributed by atoms with Crippen molar-refractivity contribution in [1.29, 1.82) is 0 Å². The van der Waals surface area contributed by atoms with Crippen molar-refractivity contribution in [2.75, 3.05) is 6.61 Å². The Morgan fingerprint density at radius 2 is 2.28 bits per heavy atom. The van der Waals surface area contributed by atoms with Gasteiger partial charge in [0.2, 0.25) is 6.23 Å². The third-order valence-electron chi connectivity index (χ3n) is 2.66. The van der Waals surface area contributed by atoms with E-state index in [4.69, 9.17) is 22.1 Å². The van der Waals surface area contributed by atoms with Crippen LogP contribution >= 0.6 is 12.2 Å². The van der Waals surface area contributed by atoms with Crippen molar-refractivity contribution in [1.82, 2.24) is 9.55 Å². The molecule has 1 aliphatic rings. The molecule has 0 aromatic carbocycles. The minimum Gasteiger partial charge on any atom is -0.394 e. The summed E-state index contributed by atoms with van der Waals surface area (Å²) >= 11 is 4.74. The highest BCUT2D eigenvalue weighted by Gasteiger charge is 2.59. The summed E-state index contributed by atoms with van der Waals surface area (Å²) in [4.78, 5) is 13.1. The van der Waals surface area contributed by atoms with Gasteiger partial charge in [-0.2, -0.15) is 8.78 Å². The fourth-order valence-electron chi connectivity index (χ4n) is 1.73. The largest absolute Gasteiger partial charge is 0.394 e. The maximum atomic E-state index is 13.8. The van der Waals surface area contributed by atoms with Crippen LogP contribution in [0.4, 0.5) is 8.78 Å². The van der Waals surface area contributed by atoms with E-state index in [9.17, 15) is 18.7 Å². The molecular weight excluding hydrogens is 270 g/mol. The Bertz CT molecular complexity index is 558. The highest BCUT2D eigenvalue weighted by Crippen LogP contribution is 2.42. The molecule has 6 nitrogen and oxygen atoms in total. The summed E-state index contributed by atoms with van der Waals surface area (Å²) < 4.78 is 33.0. The van der Waals surface area contributed by atoms with Gasteiger partial charge in [0.1, 0.15) is 6.10 Å². The first-order valence-corrected chi connectivity index (χ1v) is 5.42.